The van der Waals surface area contributed by atoms with E-state index in [1.165, 1.54) is 12.1 Å². The van der Waals surface area contributed by atoms with Gasteiger partial charge in [0.25, 0.3) is 5.91 Å². The van der Waals surface area contributed by atoms with Crippen molar-refractivity contribution < 1.29 is 9.18 Å². The number of carbonyl (C=O) groups is 1. The smallest absolute Gasteiger partial charge is 0.270 e. The Hall–Kier alpha value is -2.54. The fourth-order valence-electron chi connectivity index (χ4n) is 2.42. The molecule has 0 saturated carbocycles. The third-order valence-electron chi connectivity index (χ3n) is 3.76. The van der Waals surface area contributed by atoms with Gasteiger partial charge < -0.3 is 15.5 Å². The second-order valence-corrected chi connectivity index (χ2v) is 6.43. The van der Waals surface area contributed by atoms with Gasteiger partial charge >= 0.3 is 0 Å². The SMILES string of the molecule is Cc1cc(C(=O)NCCc2ccc(F)cc2)nc(NCCCN(C)C)n1. The largest absolute Gasteiger partial charge is 0.354 e. The van der Waals surface area contributed by atoms with Crippen LogP contribution in [-0.4, -0.2) is 54.5 Å². The number of aryl methyl sites for hydroxylation is 1. The van der Waals surface area contributed by atoms with Crippen molar-refractivity contribution in [1.82, 2.24) is 20.2 Å². The molecule has 0 unspecified atom stereocenters. The molecule has 6 nitrogen and oxygen atoms in total. The number of halogens is 1. The number of carbonyl (C=O) groups excluding carboxylic acids is 1. The molecule has 0 aliphatic rings. The first-order valence-corrected chi connectivity index (χ1v) is 8.71. The Morgan fingerprint density at radius 1 is 1.15 bits per heavy atom. The molecule has 2 aromatic rings. The summed E-state index contributed by atoms with van der Waals surface area (Å²) < 4.78 is 12.9. The van der Waals surface area contributed by atoms with Crippen molar-refractivity contribution in [3.63, 3.8) is 0 Å². The highest BCUT2D eigenvalue weighted by Gasteiger charge is 2.10. The third-order valence-corrected chi connectivity index (χ3v) is 3.76. The van der Waals surface area contributed by atoms with Crippen LogP contribution in [0.3, 0.4) is 0 Å². The highest BCUT2D eigenvalue weighted by atomic mass is 19.1. The van der Waals surface area contributed by atoms with Gasteiger partial charge in [-0.25, -0.2) is 14.4 Å². The Morgan fingerprint density at radius 2 is 1.88 bits per heavy atom. The Labute approximate surface area is 153 Å². The quantitative estimate of drug-likeness (QED) is 0.672. The minimum absolute atomic E-state index is 0.242. The maximum atomic E-state index is 12.9. The van der Waals surface area contributed by atoms with Gasteiger partial charge in [0, 0.05) is 18.8 Å². The van der Waals surface area contributed by atoms with Crippen LogP contribution in [0.1, 0.15) is 28.2 Å². The lowest BCUT2D eigenvalue weighted by molar-refractivity contribution is 0.0949. The summed E-state index contributed by atoms with van der Waals surface area (Å²) >= 11 is 0. The van der Waals surface area contributed by atoms with Crippen LogP contribution in [0.25, 0.3) is 0 Å². The maximum absolute atomic E-state index is 12.9. The summed E-state index contributed by atoms with van der Waals surface area (Å²) in [7, 11) is 4.05. The van der Waals surface area contributed by atoms with Gasteiger partial charge in [0.15, 0.2) is 0 Å². The summed E-state index contributed by atoms with van der Waals surface area (Å²) in [5.41, 5.74) is 2.04. The summed E-state index contributed by atoms with van der Waals surface area (Å²) in [5.74, 6) is -0.0405. The number of hydrogen-bond donors (Lipinski definition) is 2. The number of rotatable bonds is 9. The molecule has 26 heavy (non-hydrogen) atoms. The second-order valence-electron chi connectivity index (χ2n) is 6.43. The minimum atomic E-state index is -0.264. The molecule has 140 valence electrons. The Morgan fingerprint density at radius 3 is 2.58 bits per heavy atom. The Kier molecular flexibility index (Phi) is 7.47. The van der Waals surface area contributed by atoms with Crippen molar-refractivity contribution in [2.75, 3.05) is 39.0 Å². The monoisotopic (exact) mass is 359 g/mol. The Balaban J connectivity index is 1.86. The molecular weight excluding hydrogens is 333 g/mol. The third kappa shape index (κ3) is 6.76. The molecule has 0 aliphatic carbocycles. The number of benzene rings is 1. The van der Waals surface area contributed by atoms with E-state index in [0.29, 0.717) is 24.6 Å². The van der Waals surface area contributed by atoms with Crippen LogP contribution in [0.5, 0.6) is 0 Å². The molecule has 0 atom stereocenters. The topological polar surface area (TPSA) is 70.2 Å². The highest BCUT2D eigenvalue weighted by molar-refractivity contribution is 5.92. The van der Waals surface area contributed by atoms with Crippen LogP contribution in [-0.2, 0) is 6.42 Å². The summed E-state index contributed by atoms with van der Waals surface area (Å²) in [4.78, 5) is 23.0. The second kappa shape index (κ2) is 9.82. The van der Waals surface area contributed by atoms with Crippen molar-refractivity contribution in [3.05, 3.63) is 53.1 Å². The lowest BCUT2D eigenvalue weighted by Crippen LogP contribution is -2.27. The zero-order chi connectivity index (χ0) is 18.9. The first-order chi connectivity index (χ1) is 12.4. The lowest BCUT2D eigenvalue weighted by Gasteiger charge is -2.11. The molecule has 7 heteroatoms. The van der Waals surface area contributed by atoms with Crippen LogP contribution >= 0.6 is 0 Å². The fraction of sp³-hybridized carbons (Fsp3) is 0.421. The van der Waals surface area contributed by atoms with E-state index in [0.717, 1.165) is 30.8 Å². The van der Waals surface area contributed by atoms with Crippen molar-refractivity contribution in [2.24, 2.45) is 0 Å². The normalized spacial score (nSPS) is 10.8. The molecule has 0 saturated heterocycles. The zero-order valence-corrected chi connectivity index (χ0v) is 15.6. The van der Waals surface area contributed by atoms with Gasteiger partial charge in [-0.3, -0.25) is 4.79 Å². The molecule has 0 radical (unpaired) electrons. The number of hydrogen-bond acceptors (Lipinski definition) is 5. The first kappa shape index (κ1) is 19.8. The molecule has 0 fully saturated rings. The predicted octanol–water partition coefficient (Wildman–Crippen LogP) is 2.26. The van der Waals surface area contributed by atoms with E-state index < -0.39 is 0 Å². The number of anilines is 1. The standard InChI is InChI=1S/C19H26FN5O/c1-14-13-17(24-19(23-14)22-10-4-12-25(2)3)18(26)21-11-9-15-5-7-16(20)8-6-15/h5-8,13H,4,9-12H2,1-3H3,(H,21,26)(H,22,23,24). The minimum Gasteiger partial charge on any atom is -0.354 e. The molecule has 2 N–H and O–H groups in total. The van der Waals surface area contributed by atoms with Gasteiger partial charge in [0.2, 0.25) is 5.95 Å². The predicted molar refractivity (Wildman–Crippen MR) is 101 cm³/mol. The molecule has 0 bridgehead atoms. The maximum Gasteiger partial charge on any atom is 0.270 e. The fourth-order valence-corrected chi connectivity index (χ4v) is 2.42. The molecule has 2 rings (SSSR count). The van der Waals surface area contributed by atoms with Crippen LogP contribution in [0.15, 0.2) is 30.3 Å². The van der Waals surface area contributed by atoms with E-state index in [1.54, 1.807) is 18.2 Å². The Bertz CT molecular complexity index is 718. The highest BCUT2D eigenvalue weighted by Crippen LogP contribution is 2.06. The molecule has 1 aromatic carbocycles. The molecule has 0 spiro atoms. The molecule has 1 amide bonds. The summed E-state index contributed by atoms with van der Waals surface area (Å²) in [6.07, 6.45) is 1.59. The van der Waals surface area contributed by atoms with Crippen molar-refractivity contribution in [3.8, 4) is 0 Å². The zero-order valence-electron chi connectivity index (χ0n) is 15.6. The number of aromatic nitrogens is 2. The molecule has 0 aliphatic heterocycles. The van der Waals surface area contributed by atoms with Crippen LogP contribution in [0, 0.1) is 12.7 Å². The summed E-state index contributed by atoms with van der Waals surface area (Å²) in [5, 5.41) is 6.00. The number of amides is 1. The van der Waals surface area contributed by atoms with E-state index in [2.05, 4.69) is 25.5 Å². The van der Waals surface area contributed by atoms with Gasteiger partial charge in [0.1, 0.15) is 11.5 Å². The van der Waals surface area contributed by atoms with Crippen LogP contribution < -0.4 is 10.6 Å². The first-order valence-electron chi connectivity index (χ1n) is 8.71. The van der Waals surface area contributed by atoms with Crippen molar-refractivity contribution in [2.45, 2.75) is 19.8 Å². The lowest BCUT2D eigenvalue weighted by atomic mass is 10.1. The van der Waals surface area contributed by atoms with Gasteiger partial charge in [0.05, 0.1) is 0 Å². The van der Waals surface area contributed by atoms with Crippen molar-refractivity contribution >= 4 is 11.9 Å². The summed E-state index contributed by atoms with van der Waals surface area (Å²) in [6, 6.07) is 7.93. The van der Waals surface area contributed by atoms with E-state index in [4.69, 9.17) is 0 Å². The molecular formula is C19H26FN5O. The van der Waals surface area contributed by atoms with Crippen molar-refractivity contribution in [1.29, 1.82) is 0 Å². The molecule has 1 heterocycles. The average Bonchev–Trinajstić information content (AvgIpc) is 2.60. The van der Waals surface area contributed by atoms with Crippen LogP contribution in [0.2, 0.25) is 0 Å². The van der Waals surface area contributed by atoms with Gasteiger partial charge in [-0.05, 0) is 64.2 Å². The number of nitrogens with one attached hydrogen (secondary N) is 2. The average molecular weight is 359 g/mol. The van der Waals surface area contributed by atoms with E-state index in [-0.39, 0.29) is 11.7 Å². The van der Waals surface area contributed by atoms with E-state index in [9.17, 15) is 9.18 Å². The summed E-state index contributed by atoms with van der Waals surface area (Å²) in [6.45, 7) is 4.00. The van der Waals surface area contributed by atoms with Gasteiger partial charge in [-0.1, -0.05) is 12.1 Å². The van der Waals surface area contributed by atoms with E-state index in [1.807, 2.05) is 21.0 Å². The molecule has 1 aromatic heterocycles. The van der Waals surface area contributed by atoms with Crippen LogP contribution in [0.4, 0.5) is 10.3 Å². The van der Waals surface area contributed by atoms with Gasteiger partial charge in [-0.15, -0.1) is 0 Å². The van der Waals surface area contributed by atoms with E-state index >= 15 is 0 Å². The number of nitrogens with zero attached hydrogens (tertiary/aromatic N) is 3. The van der Waals surface area contributed by atoms with Gasteiger partial charge in [-0.2, -0.15) is 0 Å².